The number of rotatable bonds is 4. The van der Waals surface area contributed by atoms with Crippen LogP contribution in [0.2, 0.25) is 0 Å². The van der Waals surface area contributed by atoms with Crippen LogP contribution >= 0.6 is 0 Å². The Morgan fingerprint density at radius 1 is 1.19 bits per heavy atom. The highest BCUT2D eigenvalue weighted by atomic mass is 16.5. The molecule has 132 valence electrons. The van der Waals surface area contributed by atoms with Crippen LogP contribution in [0.4, 0.5) is 5.69 Å². The topological polar surface area (TPSA) is 51.5 Å². The molecular weight excluding hydrogens is 328 g/mol. The van der Waals surface area contributed by atoms with E-state index in [1.54, 1.807) is 11.8 Å². The Kier molecular flexibility index (Phi) is 3.99. The number of aryl methyl sites for hydroxylation is 1. The zero-order valence-electron chi connectivity index (χ0n) is 14.9. The summed E-state index contributed by atoms with van der Waals surface area (Å²) >= 11 is 0. The molecule has 0 unspecified atom stereocenters. The maximum Gasteiger partial charge on any atom is 0.325 e. The first kappa shape index (κ1) is 16.4. The van der Waals surface area contributed by atoms with Crippen molar-refractivity contribution in [2.24, 2.45) is 0 Å². The second-order valence-corrected chi connectivity index (χ2v) is 6.49. The number of esters is 1. The van der Waals surface area contributed by atoms with Crippen molar-refractivity contribution in [3.8, 4) is 0 Å². The van der Waals surface area contributed by atoms with Gasteiger partial charge in [-0.2, -0.15) is 0 Å². The van der Waals surface area contributed by atoms with Crippen LogP contribution in [-0.4, -0.2) is 23.1 Å². The number of amides is 1. The molecule has 2 aromatic carbocycles. The molecule has 0 aliphatic carbocycles. The molecule has 0 atom stereocenters. The Balaban J connectivity index is 1.69. The van der Waals surface area contributed by atoms with Gasteiger partial charge in [-0.1, -0.05) is 24.3 Å². The van der Waals surface area contributed by atoms with Gasteiger partial charge in [0.25, 0.3) is 5.91 Å². The average molecular weight is 348 g/mol. The van der Waals surface area contributed by atoms with Crippen molar-refractivity contribution < 1.29 is 14.3 Å². The lowest BCUT2D eigenvalue weighted by molar-refractivity contribution is -0.143. The van der Waals surface area contributed by atoms with Gasteiger partial charge in [-0.15, -0.1) is 0 Å². The van der Waals surface area contributed by atoms with Gasteiger partial charge < -0.3 is 14.2 Å². The minimum atomic E-state index is -0.268. The molecule has 1 aliphatic rings. The van der Waals surface area contributed by atoms with E-state index in [1.165, 1.54) is 0 Å². The number of hydrogen-bond donors (Lipinski definition) is 0. The highest BCUT2D eigenvalue weighted by Gasteiger charge is 2.29. The van der Waals surface area contributed by atoms with Gasteiger partial charge in [-0.05, 0) is 48.6 Å². The Bertz CT molecular complexity index is 1020. The van der Waals surface area contributed by atoms with Gasteiger partial charge in [0.05, 0.1) is 18.7 Å². The maximum absolute atomic E-state index is 12.9. The van der Waals surface area contributed by atoms with Crippen LogP contribution in [0, 0.1) is 6.92 Å². The molecule has 0 saturated carbocycles. The number of hydrogen-bond acceptors (Lipinski definition) is 3. The molecule has 0 saturated heterocycles. The largest absolute Gasteiger partial charge is 0.465 e. The Labute approximate surface area is 151 Å². The molecule has 0 N–H and O–H groups in total. The maximum atomic E-state index is 12.9. The number of carbonyl (C=O) groups excluding carboxylic acids is 2. The zero-order valence-corrected chi connectivity index (χ0v) is 14.9. The SMILES string of the molecule is CCOC(=O)Cn1ccc2ccc(N3Cc4cccc(C)c4C3=O)cc21. The first-order chi connectivity index (χ1) is 12.6. The molecule has 0 bridgehead atoms. The molecular formula is C21H20N2O3. The van der Waals surface area contributed by atoms with E-state index < -0.39 is 0 Å². The fraction of sp³-hybridized carbons (Fsp3) is 0.238. The van der Waals surface area contributed by atoms with Gasteiger partial charge in [0.15, 0.2) is 0 Å². The summed E-state index contributed by atoms with van der Waals surface area (Å²) in [5.74, 6) is -0.239. The van der Waals surface area contributed by atoms with E-state index in [9.17, 15) is 9.59 Å². The zero-order chi connectivity index (χ0) is 18.3. The van der Waals surface area contributed by atoms with Gasteiger partial charge in [0.1, 0.15) is 6.54 Å². The van der Waals surface area contributed by atoms with Gasteiger partial charge in [0, 0.05) is 17.4 Å². The predicted octanol–water partition coefficient (Wildman–Crippen LogP) is 3.67. The van der Waals surface area contributed by atoms with Crippen molar-refractivity contribution in [2.75, 3.05) is 11.5 Å². The van der Waals surface area contributed by atoms with E-state index in [1.807, 2.05) is 60.2 Å². The summed E-state index contributed by atoms with van der Waals surface area (Å²) < 4.78 is 6.90. The fourth-order valence-corrected chi connectivity index (χ4v) is 3.58. The molecule has 0 spiro atoms. The third-order valence-electron chi connectivity index (χ3n) is 4.82. The third kappa shape index (κ3) is 2.65. The van der Waals surface area contributed by atoms with Gasteiger partial charge in [-0.25, -0.2) is 0 Å². The number of fused-ring (bicyclic) bond motifs is 2. The van der Waals surface area contributed by atoms with Crippen molar-refractivity contribution in [3.05, 3.63) is 65.4 Å². The van der Waals surface area contributed by atoms with Crippen LogP contribution in [0.1, 0.15) is 28.4 Å². The molecule has 26 heavy (non-hydrogen) atoms. The molecule has 0 radical (unpaired) electrons. The van der Waals surface area contributed by atoms with E-state index >= 15 is 0 Å². The fourth-order valence-electron chi connectivity index (χ4n) is 3.58. The number of aromatic nitrogens is 1. The Hall–Kier alpha value is -3.08. The summed E-state index contributed by atoms with van der Waals surface area (Å²) in [7, 11) is 0. The molecule has 5 heteroatoms. The Morgan fingerprint density at radius 2 is 2.04 bits per heavy atom. The Morgan fingerprint density at radius 3 is 2.81 bits per heavy atom. The summed E-state index contributed by atoms with van der Waals surface area (Å²) in [4.78, 5) is 26.5. The second kappa shape index (κ2) is 6.33. The van der Waals surface area contributed by atoms with Crippen molar-refractivity contribution in [2.45, 2.75) is 26.9 Å². The predicted molar refractivity (Wildman–Crippen MR) is 100 cm³/mol. The summed E-state index contributed by atoms with van der Waals surface area (Å²) in [6, 6.07) is 13.8. The molecule has 4 rings (SSSR count). The van der Waals surface area contributed by atoms with Crippen LogP contribution < -0.4 is 4.90 Å². The lowest BCUT2D eigenvalue weighted by Crippen LogP contribution is -2.23. The summed E-state index contributed by atoms with van der Waals surface area (Å²) in [6.45, 7) is 4.85. The molecule has 1 aromatic heterocycles. The summed E-state index contributed by atoms with van der Waals surface area (Å²) in [5, 5.41) is 1.03. The highest BCUT2D eigenvalue weighted by Crippen LogP contribution is 2.32. The van der Waals surface area contributed by atoms with Crippen LogP contribution in [-0.2, 0) is 22.6 Å². The van der Waals surface area contributed by atoms with Gasteiger partial charge in [0.2, 0.25) is 0 Å². The molecule has 3 aromatic rings. The van der Waals surface area contributed by atoms with Crippen LogP contribution in [0.3, 0.4) is 0 Å². The monoisotopic (exact) mass is 348 g/mol. The normalized spacial score (nSPS) is 13.3. The van der Waals surface area contributed by atoms with Crippen molar-refractivity contribution >= 4 is 28.5 Å². The highest BCUT2D eigenvalue weighted by molar-refractivity contribution is 6.11. The van der Waals surface area contributed by atoms with Crippen molar-refractivity contribution in [1.82, 2.24) is 4.57 Å². The average Bonchev–Trinajstić information content (AvgIpc) is 3.17. The van der Waals surface area contributed by atoms with E-state index in [2.05, 4.69) is 0 Å². The standard InChI is InChI=1S/C21H20N2O3/c1-3-26-19(24)13-22-10-9-15-7-8-17(11-18(15)22)23-12-16-6-4-5-14(2)20(16)21(23)25/h4-11H,3,12-13H2,1-2H3. The van der Waals surface area contributed by atoms with Crippen LogP contribution in [0.5, 0.6) is 0 Å². The number of ether oxygens (including phenoxy) is 1. The quantitative estimate of drug-likeness (QED) is 0.676. The number of anilines is 1. The van der Waals surface area contributed by atoms with Gasteiger partial charge in [-0.3, -0.25) is 9.59 Å². The minimum Gasteiger partial charge on any atom is -0.465 e. The molecule has 0 fully saturated rings. The lowest BCUT2D eigenvalue weighted by atomic mass is 10.0. The summed E-state index contributed by atoms with van der Waals surface area (Å²) in [6.07, 6.45) is 1.87. The van der Waals surface area contributed by atoms with E-state index in [4.69, 9.17) is 4.74 Å². The smallest absolute Gasteiger partial charge is 0.325 e. The summed E-state index contributed by atoms with van der Waals surface area (Å²) in [5.41, 5.74) is 4.60. The van der Waals surface area contributed by atoms with E-state index in [0.29, 0.717) is 13.2 Å². The first-order valence-electron chi connectivity index (χ1n) is 8.73. The first-order valence-corrected chi connectivity index (χ1v) is 8.73. The van der Waals surface area contributed by atoms with Crippen LogP contribution in [0.15, 0.2) is 48.7 Å². The van der Waals surface area contributed by atoms with E-state index in [0.717, 1.165) is 33.3 Å². The second-order valence-electron chi connectivity index (χ2n) is 6.49. The molecule has 1 aliphatic heterocycles. The molecule has 2 heterocycles. The molecule has 1 amide bonds. The molecule has 5 nitrogen and oxygen atoms in total. The number of nitrogens with zero attached hydrogens (tertiary/aromatic N) is 2. The van der Waals surface area contributed by atoms with Crippen LogP contribution in [0.25, 0.3) is 10.9 Å². The van der Waals surface area contributed by atoms with Gasteiger partial charge >= 0.3 is 5.97 Å². The van der Waals surface area contributed by atoms with Crippen molar-refractivity contribution in [1.29, 1.82) is 0 Å². The number of benzene rings is 2. The minimum absolute atomic E-state index is 0.0287. The van der Waals surface area contributed by atoms with E-state index in [-0.39, 0.29) is 18.4 Å². The third-order valence-corrected chi connectivity index (χ3v) is 4.82. The van der Waals surface area contributed by atoms with Crippen molar-refractivity contribution in [3.63, 3.8) is 0 Å². The number of carbonyl (C=O) groups is 2. The lowest BCUT2D eigenvalue weighted by Gasteiger charge is -2.16.